The molecule has 0 spiro atoms. The summed E-state index contributed by atoms with van der Waals surface area (Å²) in [6.07, 6.45) is 2.08. The fourth-order valence-electron chi connectivity index (χ4n) is 8.05. The average molecular weight is 803 g/mol. The van der Waals surface area contributed by atoms with E-state index in [9.17, 15) is 4.79 Å². The highest BCUT2D eigenvalue weighted by atomic mass is 35.5. The number of benzene rings is 3. The summed E-state index contributed by atoms with van der Waals surface area (Å²) in [7, 11) is -2.28. The number of hydrogen-bond acceptors (Lipinski definition) is 6. The quantitative estimate of drug-likeness (QED) is 0.119. The van der Waals surface area contributed by atoms with Crippen molar-refractivity contribution in [3.8, 4) is 0 Å². The molecule has 1 amide bonds. The highest BCUT2D eigenvalue weighted by Gasteiger charge is 2.58. The lowest BCUT2D eigenvalue weighted by atomic mass is 9.74. The second-order valence-electron chi connectivity index (χ2n) is 16.5. The van der Waals surface area contributed by atoms with E-state index in [-0.39, 0.29) is 23.7 Å². The van der Waals surface area contributed by atoms with Crippen LogP contribution in [0, 0.1) is 17.7 Å². The number of carbonyl (C=O) groups is 2. The molecule has 5 rings (SSSR count). The highest BCUT2D eigenvalue weighted by molar-refractivity contribution is 6.76. The predicted molar refractivity (Wildman–Crippen MR) is 214 cm³/mol. The largest absolute Gasteiger partial charge is 0.466 e. The SMILES string of the molecule is CC[C@@](O[Si](C)(C)C)(c1cc(F)c2c(c1)C(=O)N([C@H](c1ccc(Cl)cc1)[C@H](C)C(=O)OCC[Si](C)(C)C)[C@@]2(OC)c1ccc(Cl)cc1)C1CCOCC1. The van der Waals surface area contributed by atoms with E-state index in [1.54, 1.807) is 61.5 Å². The second kappa shape index (κ2) is 16.3. The van der Waals surface area contributed by atoms with Crippen LogP contribution in [0.4, 0.5) is 4.39 Å². The summed E-state index contributed by atoms with van der Waals surface area (Å²) >= 11 is 12.7. The van der Waals surface area contributed by atoms with Gasteiger partial charge in [0.1, 0.15) is 5.82 Å². The Labute approximate surface area is 326 Å². The van der Waals surface area contributed by atoms with Crippen LogP contribution in [0.2, 0.25) is 55.4 Å². The van der Waals surface area contributed by atoms with Gasteiger partial charge < -0.3 is 18.6 Å². The Morgan fingerprint density at radius 3 is 2.11 bits per heavy atom. The van der Waals surface area contributed by atoms with Gasteiger partial charge in [0.05, 0.1) is 35.3 Å². The Kier molecular flexibility index (Phi) is 12.8. The molecule has 2 aliphatic heterocycles. The van der Waals surface area contributed by atoms with Crippen LogP contribution in [-0.4, -0.2) is 60.1 Å². The van der Waals surface area contributed by atoms with Crippen molar-refractivity contribution in [2.24, 2.45) is 11.8 Å². The van der Waals surface area contributed by atoms with Gasteiger partial charge in [-0.3, -0.25) is 14.5 Å². The molecule has 0 bridgehead atoms. The van der Waals surface area contributed by atoms with Gasteiger partial charge in [0.2, 0.25) is 0 Å². The molecule has 2 heterocycles. The summed E-state index contributed by atoms with van der Waals surface area (Å²) in [5.41, 5.74) is -0.706. The summed E-state index contributed by atoms with van der Waals surface area (Å²) in [6.45, 7) is 18.3. The number of rotatable bonds is 14. The Bertz CT molecular complexity index is 1780. The van der Waals surface area contributed by atoms with Crippen LogP contribution in [0.5, 0.6) is 0 Å². The summed E-state index contributed by atoms with van der Waals surface area (Å²) < 4.78 is 42.7. The number of hydrogen-bond donors (Lipinski definition) is 0. The lowest BCUT2D eigenvalue weighted by Crippen LogP contribution is -2.51. The number of esters is 1. The maximum Gasteiger partial charge on any atom is 0.311 e. The van der Waals surface area contributed by atoms with Gasteiger partial charge in [0.15, 0.2) is 14.0 Å². The van der Waals surface area contributed by atoms with Crippen LogP contribution in [0.15, 0.2) is 60.7 Å². The third-order valence-corrected chi connectivity index (χ3v) is 13.7. The van der Waals surface area contributed by atoms with E-state index in [4.69, 9.17) is 41.8 Å². The minimum Gasteiger partial charge on any atom is -0.466 e. The van der Waals surface area contributed by atoms with Crippen molar-refractivity contribution in [1.82, 2.24) is 4.90 Å². The molecule has 12 heteroatoms. The second-order valence-corrected chi connectivity index (χ2v) is 27.4. The molecule has 3 aromatic carbocycles. The van der Waals surface area contributed by atoms with Crippen LogP contribution in [0.25, 0.3) is 0 Å². The standard InChI is InChI=1S/C41H54Cl2FNO6Si2/c1-10-40(51-53(7,8)9,29-19-21-49-22-20-29)31-25-34-36(35(44)26-31)41(48-3,30-13-17-33(43)18-14-30)45(38(34)46)37(28-11-15-32(42)16-12-28)27(2)39(47)50-23-24-52(4,5)6/h11-18,25-27,29,37H,10,19-24H2,1-9H3/t27-,37-,40-,41+/m0/s1. The summed E-state index contributed by atoms with van der Waals surface area (Å²) in [6, 6.07) is 17.0. The zero-order chi connectivity index (χ0) is 38.9. The van der Waals surface area contributed by atoms with Crippen molar-refractivity contribution in [2.45, 2.75) is 95.8 Å². The highest BCUT2D eigenvalue weighted by Crippen LogP contribution is 2.54. The fraction of sp³-hybridized carbons (Fsp3) is 0.512. The lowest BCUT2D eigenvalue weighted by molar-refractivity contribution is -0.155. The van der Waals surface area contributed by atoms with Gasteiger partial charge in [-0.15, -0.1) is 0 Å². The van der Waals surface area contributed by atoms with Crippen molar-refractivity contribution in [1.29, 1.82) is 0 Å². The first-order valence-corrected chi connectivity index (χ1v) is 26.4. The lowest BCUT2D eigenvalue weighted by Gasteiger charge is -2.46. The number of carbonyl (C=O) groups excluding carboxylic acids is 2. The van der Waals surface area contributed by atoms with Crippen molar-refractivity contribution >= 4 is 51.5 Å². The van der Waals surface area contributed by atoms with Crippen molar-refractivity contribution in [3.63, 3.8) is 0 Å². The fourth-order valence-corrected chi connectivity index (χ4v) is 10.5. The van der Waals surface area contributed by atoms with Gasteiger partial charge in [-0.1, -0.05) is 74.0 Å². The Morgan fingerprint density at radius 2 is 1.58 bits per heavy atom. The summed E-state index contributed by atoms with van der Waals surface area (Å²) in [5, 5.41) is 0.958. The third-order valence-electron chi connectivity index (χ3n) is 10.6. The molecule has 4 atom stereocenters. The number of fused-ring (bicyclic) bond motifs is 1. The van der Waals surface area contributed by atoms with Crippen LogP contribution in [-0.2, 0) is 34.8 Å². The number of nitrogens with zero attached hydrogens (tertiary/aromatic N) is 1. The monoisotopic (exact) mass is 801 g/mol. The van der Waals surface area contributed by atoms with Crippen molar-refractivity contribution in [3.05, 3.63) is 104 Å². The summed E-state index contributed by atoms with van der Waals surface area (Å²) in [5.74, 6) is -2.39. The molecule has 0 unspecified atom stereocenters. The van der Waals surface area contributed by atoms with Crippen molar-refractivity contribution < 1.29 is 32.6 Å². The van der Waals surface area contributed by atoms with Gasteiger partial charge in [-0.05, 0) is 105 Å². The van der Waals surface area contributed by atoms with Gasteiger partial charge in [-0.2, -0.15) is 0 Å². The topological polar surface area (TPSA) is 74.3 Å². The van der Waals surface area contributed by atoms with E-state index in [1.807, 2.05) is 0 Å². The van der Waals surface area contributed by atoms with E-state index >= 15 is 9.18 Å². The molecule has 0 aliphatic carbocycles. The molecule has 288 valence electrons. The van der Waals surface area contributed by atoms with E-state index in [2.05, 4.69) is 46.2 Å². The Balaban J connectivity index is 1.77. The minimum atomic E-state index is -2.22. The van der Waals surface area contributed by atoms with E-state index in [0.29, 0.717) is 46.4 Å². The normalized spacial score (nSPS) is 20.5. The first-order valence-electron chi connectivity index (χ1n) is 18.6. The molecule has 7 nitrogen and oxygen atoms in total. The van der Waals surface area contributed by atoms with Crippen LogP contribution in [0.3, 0.4) is 0 Å². The average Bonchev–Trinajstić information content (AvgIpc) is 3.36. The first kappa shape index (κ1) is 41.6. The van der Waals surface area contributed by atoms with E-state index in [1.165, 1.54) is 18.1 Å². The molecule has 1 saturated heterocycles. The number of amides is 1. The summed E-state index contributed by atoms with van der Waals surface area (Å²) in [4.78, 5) is 30.9. The van der Waals surface area contributed by atoms with Crippen LogP contribution >= 0.6 is 23.2 Å². The zero-order valence-electron chi connectivity index (χ0n) is 32.5. The molecule has 0 aromatic heterocycles. The number of ether oxygens (including phenoxy) is 3. The minimum absolute atomic E-state index is 0.0502. The Morgan fingerprint density at radius 1 is 1.00 bits per heavy atom. The molecule has 1 fully saturated rings. The molecule has 2 aliphatic rings. The zero-order valence-corrected chi connectivity index (χ0v) is 36.0. The molecular formula is C41H54Cl2FNO6Si2. The van der Waals surface area contributed by atoms with Gasteiger partial charge in [0.25, 0.3) is 5.91 Å². The van der Waals surface area contributed by atoms with E-state index < -0.39 is 57.4 Å². The maximum absolute atomic E-state index is 17.5. The third kappa shape index (κ3) is 8.49. The smallest absolute Gasteiger partial charge is 0.311 e. The molecule has 3 aromatic rings. The first-order chi connectivity index (χ1) is 24.9. The Hall–Kier alpha value is -2.58. The van der Waals surface area contributed by atoms with Gasteiger partial charge in [0, 0.05) is 44.0 Å². The maximum atomic E-state index is 17.5. The van der Waals surface area contributed by atoms with Crippen molar-refractivity contribution in [2.75, 3.05) is 26.9 Å². The van der Waals surface area contributed by atoms with Crippen LogP contribution < -0.4 is 0 Å². The molecular weight excluding hydrogens is 749 g/mol. The molecule has 0 N–H and O–H groups in total. The number of methoxy groups -OCH3 is 1. The van der Waals surface area contributed by atoms with Crippen LogP contribution in [0.1, 0.15) is 71.8 Å². The number of halogens is 3. The molecule has 0 saturated carbocycles. The van der Waals surface area contributed by atoms with Gasteiger partial charge >= 0.3 is 5.97 Å². The van der Waals surface area contributed by atoms with E-state index in [0.717, 1.165) is 18.9 Å². The van der Waals surface area contributed by atoms with Gasteiger partial charge in [-0.25, -0.2) is 4.39 Å². The molecule has 0 radical (unpaired) electrons. The molecule has 53 heavy (non-hydrogen) atoms. The predicted octanol–water partition coefficient (Wildman–Crippen LogP) is 10.6.